The normalized spacial score (nSPS) is 20.8. The van der Waals surface area contributed by atoms with Gasteiger partial charge in [-0.1, -0.05) is 0 Å². The van der Waals surface area contributed by atoms with Crippen molar-refractivity contribution in [3.05, 3.63) is 23.2 Å². The standard InChI is InChI=1S/C16H24N2O4/c1-10-8-13(11(2)22-10)16(4,21)9-17-15(20)14-6-5-7-18(14)12(3)19/h8,14,21H,5-7,9H2,1-4H3,(H,17,20). The molecule has 2 heterocycles. The smallest absolute Gasteiger partial charge is 0.242 e. The van der Waals surface area contributed by atoms with Crippen LogP contribution in [0.15, 0.2) is 10.5 Å². The molecule has 1 saturated heterocycles. The van der Waals surface area contributed by atoms with Gasteiger partial charge in [-0.15, -0.1) is 0 Å². The first kappa shape index (κ1) is 16.5. The third-order valence-corrected chi connectivity index (χ3v) is 4.19. The average molecular weight is 308 g/mol. The van der Waals surface area contributed by atoms with Crippen molar-refractivity contribution < 1.29 is 19.1 Å². The molecule has 0 aromatic carbocycles. The lowest BCUT2D eigenvalue weighted by Crippen LogP contribution is -2.48. The predicted molar refractivity (Wildman–Crippen MR) is 81.2 cm³/mol. The third kappa shape index (κ3) is 3.32. The summed E-state index contributed by atoms with van der Waals surface area (Å²) in [5, 5.41) is 13.4. The van der Waals surface area contributed by atoms with Gasteiger partial charge in [-0.25, -0.2) is 0 Å². The van der Waals surface area contributed by atoms with E-state index < -0.39 is 11.6 Å². The number of carbonyl (C=O) groups excluding carboxylic acids is 2. The monoisotopic (exact) mass is 308 g/mol. The van der Waals surface area contributed by atoms with Gasteiger partial charge in [0.2, 0.25) is 11.8 Å². The van der Waals surface area contributed by atoms with Crippen molar-refractivity contribution >= 4 is 11.8 Å². The summed E-state index contributed by atoms with van der Waals surface area (Å²) in [6, 6.07) is 1.35. The molecule has 1 aliphatic rings. The molecule has 1 aromatic rings. The van der Waals surface area contributed by atoms with Crippen LogP contribution in [-0.2, 0) is 15.2 Å². The predicted octanol–water partition coefficient (Wildman–Crippen LogP) is 1.23. The van der Waals surface area contributed by atoms with Crippen molar-refractivity contribution in [3.8, 4) is 0 Å². The van der Waals surface area contributed by atoms with Gasteiger partial charge in [-0.05, 0) is 39.7 Å². The Hall–Kier alpha value is -1.82. The van der Waals surface area contributed by atoms with Crippen molar-refractivity contribution in [2.24, 2.45) is 0 Å². The Morgan fingerprint density at radius 2 is 2.18 bits per heavy atom. The van der Waals surface area contributed by atoms with Gasteiger partial charge in [-0.2, -0.15) is 0 Å². The summed E-state index contributed by atoms with van der Waals surface area (Å²) in [5.74, 6) is 1.05. The number of nitrogens with zero attached hydrogens (tertiary/aromatic N) is 1. The van der Waals surface area contributed by atoms with E-state index in [1.807, 2.05) is 6.92 Å². The maximum Gasteiger partial charge on any atom is 0.242 e. The summed E-state index contributed by atoms with van der Waals surface area (Å²) in [6.07, 6.45) is 1.49. The van der Waals surface area contributed by atoms with Crippen molar-refractivity contribution in [3.63, 3.8) is 0 Å². The maximum absolute atomic E-state index is 12.3. The van der Waals surface area contributed by atoms with Crippen LogP contribution >= 0.6 is 0 Å². The Kier molecular flexibility index (Phi) is 4.60. The Bertz CT molecular complexity index is 577. The first-order chi connectivity index (χ1) is 10.2. The molecule has 6 nitrogen and oxygen atoms in total. The van der Waals surface area contributed by atoms with Crippen LogP contribution in [0.1, 0.15) is 43.8 Å². The molecule has 0 radical (unpaired) electrons. The number of nitrogens with one attached hydrogen (secondary N) is 1. The van der Waals surface area contributed by atoms with Crippen LogP contribution in [0.5, 0.6) is 0 Å². The van der Waals surface area contributed by atoms with Crippen molar-refractivity contribution in [2.45, 2.75) is 52.2 Å². The number of likely N-dealkylation sites (tertiary alicyclic amines) is 1. The summed E-state index contributed by atoms with van der Waals surface area (Å²) >= 11 is 0. The van der Waals surface area contributed by atoms with Crippen LogP contribution in [0.4, 0.5) is 0 Å². The summed E-state index contributed by atoms with van der Waals surface area (Å²) < 4.78 is 5.43. The fraction of sp³-hybridized carbons (Fsp3) is 0.625. The molecule has 0 spiro atoms. The van der Waals surface area contributed by atoms with E-state index in [4.69, 9.17) is 4.42 Å². The van der Waals surface area contributed by atoms with Gasteiger partial charge in [0.25, 0.3) is 0 Å². The fourth-order valence-electron chi connectivity index (χ4n) is 3.05. The van der Waals surface area contributed by atoms with Crippen molar-refractivity contribution in [1.82, 2.24) is 10.2 Å². The van der Waals surface area contributed by atoms with Crippen LogP contribution in [-0.4, -0.2) is 41.0 Å². The van der Waals surface area contributed by atoms with Crippen LogP contribution in [0.25, 0.3) is 0 Å². The van der Waals surface area contributed by atoms with Crippen LogP contribution in [0.3, 0.4) is 0 Å². The van der Waals surface area contributed by atoms with Crippen LogP contribution < -0.4 is 5.32 Å². The quantitative estimate of drug-likeness (QED) is 0.876. The Morgan fingerprint density at radius 1 is 1.50 bits per heavy atom. The highest BCUT2D eigenvalue weighted by molar-refractivity contribution is 5.87. The number of carbonyl (C=O) groups is 2. The van der Waals surface area contributed by atoms with E-state index in [9.17, 15) is 14.7 Å². The first-order valence-electron chi connectivity index (χ1n) is 7.57. The minimum Gasteiger partial charge on any atom is -0.466 e. The summed E-state index contributed by atoms with van der Waals surface area (Å²) in [4.78, 5) is 25.4. The second kappa shape index (κ2) is 6.12. The van der Waals surface area contributed by atoms with E-state index in [2.05, 4.69) is 5.32 Å². The van der Waals surface area contributed by atoms with Gasteiger partial charge in [0.05, 0.1) is 6.54 Å². The lowest BCUT2D eigenvalue weighted by atomic mass is 9.96. The van der Waals surface area contributed by atoms with Crippen LogP contribution in [0.2, 0.25) is 0 Å². The van der Waals surface area contributed by atoms with Gasteiger partial charge in [0.15, 0.2) is 0 Å². The molecular weight excluding hydrogens is 284 g/mol. The Morgan fingerprint density at radius 3 is 2.73 bits per heavy atom. The molecule has 0 saturated carbocycles. The van der Waals surface area contributed by atoms with E-state index in [1.54, 1.807) is 24.8 Å². The van der Waals surface area contributed by atoms with Crippen LogP contribution in [0, 0.1) is 13.8 Å². The van der Waals surface area contributed by atoms with E-state index in [0.717, 1.165) is 12.2 Å². The molecule has 0 bridgehead atoms. The van der Waals surface area contributed by atoms with Gasteiger partial charge < -0.3 is 19.7 Å². The van der Waals surface area contributed by atoms with Gasteiger partial charge >= 0.3 is 0 Å². The number of hydrogen-bond acceptors (Lipinski definition) is 4. The van der Waals surface area contributed by atoms with Gasteiger partial charge in [-0.3, -0.25) is 9.59 Å². The number of aliphatic hydroxyl groups is 1. The fourth-order valence-corrected chi connectivity index (χ4v) is 3.05. The molecule has 2 unspecified atom stereocenters. The second-order valence-electron chi connectivity index (χ2n) is 6.19. The molecule has 2 N–H and O–H groups in total. The van der Waals surface area contributed by atoms with Gasteiger partial charge in [0, 0.05) is 19.0 Å². The van der Waals surface area contributed by atoms with E-state index >= 15 is 0 Å². The average Bonchev–Trinajstić information content (AvgIpc) is 3.02. The first-order valence-corrected chi connectivity index (χ1v) is 7.57. The number of aryl methyl sites for hydroxylation is 2. The maximum atomic E-state index is 12.3. The molecule has 1 aromatic heterocycles. The topological polar surface area (TPSA) is 82.8 Å². The molecule has 0 aliphatic carbocycles. The number of hydrogen-bond donors (Lipinski definition) is 2. The highest BCUT2D eigenvalue weighted by atomic mass is 16.3. The third-order valence-electron chi connectivity index (χ3n) is 4.19. The van der Waals surface area contributed by atoms with Gasteiger partial charge in [0.1, 0.15) is 23.2 Å². The molecule has 122 valence electrons. The minimum absolute atomic E-state index is 0.0773. The largest absolute Gasteiger partial charge is 0.466 e. The molecule has 1 fully saturated rings. The zero-order valence-corrected chi connectivity index (χ0v) is 13.6. The molecule has 6 heteroatoms. The highest BCUT2D eigenvalue weighted by Crippen LogP contribution is 2.26. The van der Waals surface area contributed by atoms with E-state index in [0.29, 0.717) is 24.3 Å². The molecular formula is C16H24N2O4. The highest BCUT2D eigenvalue weighted by Gasteiger charge is 2.34. The molecule has 2 amide bonds. The number of rotatable bonds is 4. The zero-order chi connectivity index (χ0) is 16.5. The lowest BCUT2D eigenvalue weighted by molar-refractivity contribution is -0.137. The molecule has 1 aliphatic heterocycles. The van der Waals surface area contributed by atoms with E-state index in [1.165, 1.54) is 6.92 Å². The van der Waals surface area contributed by atoms with Crippen molar-refractivity contribution in [1.29, 1.82) is 0 Å². The summed E-state index contributed by atoms with van der Waals surface area (Å²) in [6.45, 7) is 7.40. The minimum atomic E-state index is -1.21. The second-order valence-corrected chi connectivity index (χ2v) is 6.19. The molecule has 2 atom stereocenters. The molecule has 22 heavy (non-hydrogen) atoms. The number of amides is 2. The Balaban J connectivity index is 2.01. The van der Waals surface area contributed by atoms with E-state index in [-0.39, 0.29) is 18.4 Å². The Labute approximate surface area is 130 Å². The summed E-state index contributed by atoms with van der Waals surface area (Å²) in [7, 11) is 0. The zero-order valence-electron chi connectivity index (χ0n) is 13.6. The number of furan rings is 1. The van der Waals surface area contributed by atoms with Crippen molar-refractivity contribution in [2.75, 3.05) is 13.1 Å². The lowest BCUT2D eigenvalue weighted by Gasteiger charge is -2.26. The summed E-state index contributed by atoms with van der Waals surface area (Å²) in [5.41, 5.74) is -0.544. The SMILES string of the molecule is CC(=O)N1CCCC1C(=O)NCC(C)(O)c1cc(C)oc1C. The molecule has 2 rings (SSSR count).